The van der Waals surface area contributed by atoms with Crippen molar-refractivity contribution in [3.8, 4) is 0 Å². The number of nitrogens with one attached hydrogen (secondary N) is 2. The molecule has 0 bridgehead atoms. The highest BCUT2D eigenvalue weighted by molar-refractivity contribution is 6.15. The Hall–Kier alpha value is -3.71. The van der Waals surface area contributed by atoms with Gasteiger partial charge in [0.2, 0.25) is 0 Å². The van der Waals surface area contributed by atoms with Crippen LogP contribution in [0.4, 0.5) is 11.4 Å². The molecule has 5 rings (SSSR count). The van der Waals surface area contributed by atoms with Gasteiger partial charge in [-0.1, -0.05) is 57.2 Å². The zero-order valence-corrected chi connectivity index (χ0v) is 22.4. The summed E-state index contributed by atoms with van der Waals surface area (Å²) >= 11 is 0. The fraction of sp³-hybridized carbons (Fsp3) is 0.387. The first kappa shape index (κ1) is 27.3. The third-order valence-electron chi connectivity index (χ3n) is 7.21. The van der Waals surface area contributed by atoms with Crippen molar-refractivity contribution in [2.24, 2.45) is 5.73 Å². The third kappa shape index (κ3) is 6.98. The van der Waals surface area contributed by atoms with Crippen LogP contribution < -0.4 is 21.7 Å². The van der Waals surface area contributed by atoms with Crippen LogP contribution in [-0.2, 0) is 6.54 Å². The lowest BCUT2D eigenvalue weighted by molar-refractivity contribution is 0.0950. The average Bonchev–Trinajstić information content (AvgIpc) is 3.40. The van der Waals surface area contributed by atoms with Crippen molar-refractivity contribution in [1.29, 1.82) is 5.41 Å². The number of benzene rings is 2. The first-order chi connectivity index (χ1) is 18.4. The molecule has 38 heavy (non-hydrogen) atoms. The van der Waals surface area contributed by atoms with Crippen LogP contribution in [0.25, 0.3) is 0 Å². The molecule has 2 aliphatic rings. The van der Waals surface area contributed by atoms with Crippen LogP contribution in [0.1, 0.15) is 85.5 Å². The normalized spacial score (nSPS) is 15.2. The third-order valence-corrected chi connectivity index (χ3v) is 7.21. The molecule has 2 saturated carbocycles. The molecule has 0 unspecified atom stereocenters. The van der Waals surface area contributed by atoms with Gasteiger partial charge in [0.1, 0.15) is 0 Å². The Morgan fingerprint density at radius 3 is 2.24 bits per heavy atom. The number of nitrogens with zero attached hydrogens (tertiary/aromatic N) is 2. The minimum Gasteiger partial charge on any atom is -0.398 e. The highest BCUT2D eigenvalue weighted by atomic mass is 16.1. The largest absolute Gasteiger partial charge is 0.398 e. The second-order valence-electron chi connectivity index (χ2n) is 10.3. The Morgan fingerprint density at radius 1 is 1.00 bits per heavy atom. The van der Waals surface area contributed by atoms with E-state index in [-0.39, 0.29) is 17.3 Å². The van der Waals surface area contributed by atoms with Gasteiger partial charge in [0.15, 0.2) is 0 Å². The maximum absolute atomic E-state index is 12.7. The zero-order chi connectivity index (χ0) is 27.0. The van der Waals surface area contributed by atoms with Crippen LogP contribution in [0.2, 0.25) is 0 Å². The van der Waals surface area contributed by atoms with Gasteiger partial charge in [-0.3, -0.25) is 15.2 Å². The quantitative estimate of drug-likeness (QED) is 0.168. The molecule has 7 nitrogen and oxygen atoms in total. The Balaban J connectivity index is 0.000000603. The molecule has 2 fully saturated rings. The molecule has 2 aliphatic carbocycles. The molecule has 0 saturated heterocycles. The van der Waals surface area contributed by atoms with Gasteiger partial charge in [-0.2, -0.15) is 0 Å². The SMILES string of the molecule is C1CCCC1.CCCN(c1ccc(C(=N)c2cc(C(=O)NCc3ccccn3)ccc2N)cc1)C1(N)CC1. The van der Waals surface area contributed by atoms with Crippen LogP contribution in [0.5, 0.6) is 0 Å². The molecule has 1 aromatic heterocycles. The summed E-state index contributed by atoms with van der Waals surface area (Å²) in [5, 5.41) is 11.6. The number of aromatic nitrogens is 1. The number of hydrogen-bond acceptors (Lipinski definition) is 6. The second kappa shape index (κ2) is 12.7. The van der Waals surface area contributed by atoms with Crippen LogP contribution in [-0.4, -0.2) is 28.8 Å². The summed E-state index contributed by atoms with van der Waals surface area (Å²) in [6.07, 6.45) is 12.2. The molecular formula is C31H40N6O. The minimum absolute atomic E-state index is 0.238. The molecule has 6 N–H and O–H groups in total. The summed E-state index contributed by atoms with van der Waals surface area (Å²) in [7, 11) is 0. The van der Waals surface area contributed by atoms with Gasteiger partial charge in [0.25, 0.3) is 5.91 Å². The topological polar surface area (TPSA) is 121 Å². The predicted octanol–water partition coefficient (Wildman–Crippen LogP) is 5.63. The summed E-state index contributed by atoms with van der Waals surface area (Å²) in [6.45, 7) is 3.37. The Kier molecular flexibility index (Phi) is 9.13. The highest BCUT2D eigenvalue weighted by Crippen LogP contribution is 2.39. The fourth-order valence-electron chi connectivity index (χ4n) is 4.77. The number of amides is 1. The van der Waals surface area contributed by atoms with E-state index in [1.165, 1.54) is 32.1 Å². The number of nitrogen functional groups attached to an aromatic ring is 1. The summed E-state index contributed by atoms with van der Waals surface area (Å²) < 4.78 is 0. The molecule has 0 radical (unpaired) electrons. The molecule has 200 valence electrons. The van der Waals surface area contributed by atoms with Crippen molar-refractivity contribution < 1.29 is 4.79 Å². The van der Waals surface area contributed by atoms with E-state index in [2.05, 4.69) is 22.1 Å². The lowest BCUT2D eigenvalue weighted by atomic mass is 9.98. The first-order valence-corrected chi connectivity index (χ1v) is 13.7. The first-order valence-electron chi connectivity index (χ1n) is 13.7. The summed E-state index contributed by atoms with van der Waals surface area (Å²) in [5.41, 5.74) is 16.6. The standard InChI is InChI=1S/C26H30N6O.C5H10/c1-2-15-32(26(29)12-13-26)21-9-6-18(7-10-21)24(28)22-16-19(8-11-23(22)27)25(33)31-17-20-5-3-4-14-30-20;1-2-4-5-3-1/h3-11,14,16,28H,2,12-13,15,17,27,29H2,1H3,(H,31,33);1-5H2. The maximum Gasteiger partial charge on any atom is 0.251 e. The lowest BCUT2D eigenvalue weighted by Gasteiger charge is -2.31. The number of carbonyl (C=O) groups is 1. The van der Waals surface area contributed by atoms with Gasteiger partial charge < -0.3 is 21.7 Å². The molecule has 3 aromatic rings. The Labute approximate surface area is 226 Å². The van der Waals surface area contributed by atoms with E-state index < -0.39 is 0 Å². The number of nitrogens with two attached hydrogens (primary N) is 2. The van der Waals surface area contributed by atoms with Crippen molar-refractivity contribution in [2.75, 3.05) is 17.2 Å². The van der Waals surface area contributed by atoms with Crippen LogP contribution in [0, 0.1) is 5.41 Å². The van der Waals surface area contributed by atoms with Crippen molar-refractivity contribution in [3.63, 3.8) is 0 Å². The Bertz CT molecular complexity index is 1210. The van der Waals surface area contributed by atoms with Crippen LogP contribution in [0.3, 0.4) is 0 Å². The molecule has 0 spiro atoms. The summed E-state index contributed by atoms with van der Waals surface area (Å²) in [5.74, 6) is -0.238. The summed E-state index contributed by atoms with van der Waals surface area (Å²) in [4.78, 5) is 19.1. The van der Waals surface area contributed by atoms with E-state index >= 15 is 0 Å². The van der Waals surface area contributed by atoms with E-state index in [4.69, 9.17) is 16.9 Å². The van der Waals surface area contributed by atoms with Crippen molar-refractivity contribution >= 4 is 23.0 Å². The summed E-state index contributed by atoms with van der Waals surface area (Å²) in [6, 6.07) is 18.4. The molecule has 1 heterocycles. The van der Waals surface area contributed by atoms with Crippen LogP contribution in [0.15, 0.2) is 66.9 Å². The van der Waals surface area contributed by atoms with Crippen LogP contribution >= 0.6 is 0 Å². The van der Waals surface area contributed by atoms with E-state index in [1.54, 1.807) is 24.4 Å². The van der Waals surface area contributed by atoms with E-state index in [0.29, 0.717) is 23.4 Å². The van der Waals surface area contributed by atoms with Gasteiger partial charge in [-0.05, 0) is 61.7 Å². The van der Waals surface area contributed by atoms with Gasteiger partial charge in [-0.25, -0.2) is 0 Å². The number of hydrogen-bond donors (Lipinski definition) is 4. The van der Waals surface area contributed by atoms with Gasteiger partial charge in [0.05, 0.1) is 23.6 Å². The highest BCUT2D eigenvalue weighted by Gasteiger charge is 2.44. The number of carbonyl (C=O) groups excluding carboxylic acids is 1. The minimum atomic E-state index is -0.244. The lowest BCUT2D eigenvalue weighted by Crippen LogP contribution is -2.45. The molecule has 1 amide bonds. The van der Waals surface area contributed by atoms with E-state index in [9.17, 15) is 4.79 Å². The fourth-order valence-corrected chi connectivity index (χ4v) is 4.77. The van der Waals surface area contributed by atoms with Gasteiger partial charge in [0, 0.05) is 40.8 Å². The number of rotatable bonds is 9. The van der Waals surface area contributed by atoms with Gasteiger partial charge >= 0.3 is 0 Å². The Morgan fingerprint density at radius 2 is 1.66 bits per heavy atom. The molecule has 0 aliphatic heterocycles. The van der Waals surface area contributed by atoms with Gasteiger partial charge in [-0.15, -0.1) is 0 Å². The monoisotopic (exact) mass is 512 g/mol. The van der Waals surface area contributed by atoms with E-state index in [1.807, 2.05) is 42.5 Å². The van der Waals surface area contributed by atoms with E-state index in [0.717, 1.165) is 42.8 Å². The number of pyridine rings is 1. The molecule has 0 atom stereocenters. The smallest absolute Gasteiger partial charge is 0.251 e. The zero-order valence-electron chi connectivity index (χ0n) is 22.4. The second-order valence-corrected chi connectivity index (χ2v) is 10.3. The average molecular weight is 513 g/mol. The molecule has 2 aromatic carbocycles. The number of anilines is 2. The van der Waals surface area contributed by atoms with Crippen molar-refractivity contribution in [2.45, 2.75) is 70.5 Å². The predicted molar refractivity (Wildman–Crippen MR) is 156 cm³/mol. The molecule has 7 heteroatoms. The van der Waals surface area contributed by atoms with Crippen molar-refractivity contribution in [1.82, 2.24) is 10.3 Å². The molecular weight excluding hydrogens is 472 g/mol. The van der Waals surface area contributed by atoms with Crippen molar-refractivity contribution in [3.05, 3.63) is 89.2 Å². The maximum atomic E-state index is 12.7.